The molecule has 0 aliphatic heterocycles. The Hall–Kier alpha value is -4.33. The van der Waals surface area contributed by atoms with E-state index in [2.05, 4.69) is 10.4 Å². The van der Waals surface area contributed by atoms with Crippen LogP contribution in [-0.2, 0) is 10.0 Å². The van der Waals surface area contributed by atoms with E-state index >= 15 is 0 Å². The first-order valence-electron chi connectivity index (χ1n) is 9.97. The van der Waals surface area contributed by atoms with Crippen LogP contribution >= 0.6 is 0 Å². The number of halogens is 1. The van der Waals surface area contributed by atoms with Gasteiger partial charge >= 0.3 is 0 Å². The number of sulfonamides is 1. The van der Waals surface area contributed by atoms with Crippen molar-refractivity contribution in [2.45, 2.75) is 11.8 Å². The summed E-state index contributed by atoms with van der Waals surface area (Å²) in [6, 6.07) is 20.1. The summed E-state index contributed by atoms with van der Waals surface area (Å²) in [5, 5.41) is 21.2. The Bertz CT molecular complexity index is 1570. The van der Waals surface area contributed by atoms with Gasteiger partial charge in [0.05, 0.1) is 33.6 Å². The van der Waals surface area contributed by atoms with Crippen LogP contribution < -0.4 is 10.5 Å². The second kappa shape index (κ2) is 8.90. The number of carbonyl (C=O) groups excluding carboxylic acids is 1. The second-order valence-electron chi connectivity index (χ2n) is 7.43. The van der Waals surface area contributed by atoms with Crippen molar-refractivity contribution in [1.29, 1.82) is 5.26 Å². The van der Waals surface area contributed by atoms with E-state index in [-0.39, 0.29) is 27.4 Å². The van der Waals surface area contributed by atoms with Crippen molar-refractivity contribution in [3.8, 4) is 22.9 Å². The quantitative estimate of drug-likeness (QED) is 0.454. The van der Waals surface area contributed by atoms with E-state index in [1.807, 2.05) is 6.07 Å². The van der Waals surface area contributed by atoms with Gasteiger partial charge in [0.15, 0.2) is 0 Å². The third kappa shape index (κ3) is 4.56. The maximum atomic E-state index is 14.9. The van der Waals surface area contributed by atoms with Crippen LogP contribution in [0.5, 0.6) is 0 Å². The van der Waals surface area contributed by atoms with E-state index in [1.54, 1.807) is 43.3 Å². The number of amides is 1. The molecule has 8 nitrogen and oxygen atoms in total. The number of anilines is 1. The van der Waals surface area contributed by atoms with Gasteiger partial charge in [0.1, 0.15) is 11.5 Å². The number of aromatic nitrogens is 2. The molecule has 0 aliphatic rings. The second-order valence-corrected chi connectivity index (χ2v) is 8.96. The maximum Gasteiger partial charge on any atom is 0.274 e. The van der Waals surface area contributed by atoms with Crippen LogP contribution in [0.2, 0.25) is 0 Å². The van der Waals surface area contributed by atoms with Crippen molar-refractivity contribution in [2.24, 2.45) is 5.14 Å². The van der Waals surface area contributed by atoms with Crippen LogP contribution in [-0.4, -0.2) is 24.1 Å². The molecular formula is C24H18FN5O3S. The van der Waals surface area contributed by atoms with Crippen molar-refractivity contribution in [2.75, 3.05) is 5.32 Å². The van der Waals surface area contributed by atoms with Crippen molar-refractivity contribution in [1.82, 2.24) is 9.78 Å². The molecule has 0 bridgehead atoms. The first-order chi connectivity index (χ1) is 16.2. The fraction of sp³-hybridized carbons (Fsp3) is 0.0417. The van der Waals surface area contributed by atoms with E-state index in [0.29, 0.717) is 16.9 Å². The topological polar surface area (TPSA) is 131 Å². The van der Waals surface area contributed by atoms with E-state index in [9.17, 15) is 17.6 Å². The molecule has 3 N–H and O–H groups in total. The van der Waals surface area contributed by atoms with Gasteiger partial charge in [-0.3, -0.25) is 4.79 Å². The molecule has 1 aromatic heterocycles. The predicted octanol–water partition coefficient (Wildman–Crippen LogP) is 3.76. The van der Waals surface area contributed by atoms with Gasteiger partial charge in [-0.25, -0.2) is 22.6 Å². The summed E-state index contributed by atoms with van der Waals surface area (Å²) in [5.74, 6) is -1.37. The zero-order valence-electron chi connectivity index (χ0n) is 17.9. The third-order valence-corrected chi connectivity index (χ3v) is 5.97. The molecule has 0 spiro atoms. The number of aryl methyl sites for hydroxylation is 1. The lowest BCUT2D eigenvalue weighted by atomic mass is 10.0. The molecule has 170 valence electrons. The first-order valence-corrected chi connectivity index (χ1v) is 11.5. The molecule has 0 aliphatic carbocycles. The minimum Gasteiger partial charge on any atom is -0.318 e. The lowest BCUT2D eigenvalue weighted by Gasteiger charge is -2.12. The van der Waals surface area contributed by atoms with Crippen LogP contribution in [0.3, 0.4) is 0 Å². The van der Waals surface area contributed by atoms with E-state index in [4.69, 9.17) is 10.4 Å². The van der Waals surface area contributed by atoms with E-state index in [0.717, 1.165) is 6.07 Å². The number of carbonyl (C=O) groups is 1. The number of nitrogens with zero attached hydrogens (tertiary/aromatic N) is 3. The van der Waals surface area contributed by atoms with Gasteiger partial charge in [0.2, 0.25) is 10.0 Å². The normalized spacial score (nSPS) is 11.1. The van der Waals surface area contributed by atoms with Gasteiger partial charge in [-0.05, 0) is 55.0 Å². The van der Waals surface area contributed by atoms with Crippen LogP contribution in [0.25, 0.3) is 16.8 Å². The molecule has 10 heteroatoms. The number of nitrogens with two attached hydrogens (primary N) is 1. The van der Waals surface area contributed by atoms with Gasteiger partial charge in [-0.1, -0.05) is 30.3 Å². The van der Waals surface area contributed by atoms with Crippen molar-refractivity contribution >= 4 is 21.6 Å². The van der Waals surface area contributed by atoms with Gasteiger partial charge < -0.3 is 5.32 Å². The SMILES string of the molecule is Cc1cc(C(=O)Nc2ccc(-c3ccccc3S(N)(=O)=O)cc2F)n(-c2cccc(C#N)c2)n1. The summed E-state index contributed by atoms with van der Waals surface area (Å²) < 4.78 is 40.0. The summed E-state index contributed by atoms with van der Waals surface area (Å²) in [4.78, 5) is 12.8. The fourth-order valence-corrected chi connectivity index (χ4v) is 4.25. The first kappa shape index (κ1) is 22.8. The van der Waals surface area contributed by atoms with Crippen LogP contribution in [0.1, 0.15) is 21.7 Å². The molecule has 0 fully saturated rings. The monoisotopic (exact) mass is 475 g/mol. The summed E-state index contributed by atoms with van der Waals surface area (Å²) in [6.07, 6.45) is 0. The summed E-state index contributed by atoms with van der Waals surface area (Å²) in [7, 11) is -4.02. The number of primary sulfonamides is 1. The van der Waals surface area contributed by atoms with Gasteiger partial charge in [-0.2, -0.15) is 10.4 Å². The standard InChI is InChI=1S/C24H18FN5O3S/c1-15-11-22(30(29-15)18-6-4-5-16(12-18)14-26)24(31)28-21-10-9-17(13-20(21)25)19-7-2-3-8-23(19)34(27,32)33/h2-13H,1H3,(H,28,31)(H2,27,32,33). The highest BCUT2D eigenvalue weighted by molar-refractivity contribution is 7.89. The zero-order chi connectivity index (χ0) is 24.5. The molecule has 0 saturated heterocycles. The summed E-state index contributed by atoms with van der Waals surface area (Å²) >= 11 is 0. The number of nitrogens with one attached hydrogen (secondary N) is 1. The highest BCUT2D eigenvalue weighted by atomic mass is 32.2. The molecule has 1 heterocycles. The molecule has 34 heavy (non-hydrogen) atoms. The Balaban J connectivity index is 1.66. The molecule has 3 aromatic carbocycles. The molecule has 0 atom stereocenters. The number of rotatable bonds is 5. The fourth-order valence-electron chi connectivity index (χ4n) is 3.49. The number of nitriles is 1. The van der Waals surface area contributed by atoms with Crippen LogP contribution in [0, 0.1) is 24.1 Å². The molecule has 0 saturated carbocycles. The van der Waals surface area contributed by atoms with Gasteiger partial charge in [0.25, 0.3) is 5.91 Å². The van der Waals surface area contributed by atoms with Gasteiger partial charge in [0, 0.05) is 5.56 Å². The Labute approximate surface area is 195 Å². The molecule has 0 radical (unpaired) electrons. The number of hydrogen-bond donors (Lipinski definition) is 2. The smallest absolute Gasteiger partial charge is 0.274 e. The van der Waals surface area contributed by atoms with E-state index < -0.39 is 21.7 Å². The lowest BCUT2D eigenvalue weighted by Crippen LogP contribution is -2.18. The summed E-state index contributed by atoms with van der Waals surface area (Å²) in [6.45, 7) is 1.71. The van der Waals surface area contributed by atoms with E-state index in [1.165, 1.54) is 35.0 Å². The van der Waals surface area contributed by atoms with Crippen LogP contribution in [0.15, 0.2) is 77.7 Å². The Kier molecular flexibility index (Phi) is 5.98. The molecule has 4 aromatic rings. The Morgan fingerprint density at radius 2 is 1.85 bits per heavy atom. The third-order valence-electron chi connectivity index (χ3n) is 5.01. The molecule has 4 rings (SSSR count). The lowest BCUT2D eigenvalue weighted by molar-refractivity contribution is 0.101. The molecular weight excluding hydrogens is 457 g/mol. The number of benzene rings is 3. The Morgan fingerprint density at radius 1 is 1.09 bits per heavy atom. The van der Waals surface area contributed by atoms with Crippen molar-refractivity contribution in [3.05, 3.63) is 95.6 Å². The average Bonchev–Trinajstić information content (AvgIpc) is 3.21. The van der Waals surface area contributed by atoms with Crippen molar-refractivity contribution < 1.29 is 17.6 Å². The Morgan fingerprint density at radius 3 is 2.56 bits per heavy atom. The zero-order valence-corrected chi connectivity index (χ0v) is 18.7. The molecule has 1 amide bonds. The largest absolute Gasteiger partial charge is 0.318 e. The minimum atomic E-state index is -4.02. The van der Waals surface area contributed by atoms with Crippen molar-refractivity contribution in [3.63, 3.8) is 0 Å². The number of hydrogen-bond acceptors (Lipinski definition) is 5. The highest BCUT2D eigenvalue weighted by Gasteiger charge is 2.19. The maximum absolute atomic E-state index is 14.9. The molecule has 0 unspecified atom stereocenters. The summed E-state index contributed by atoms with van der Waals surface area (Å²) in [5.41, 5.74) is 2.05. The minimum absolute atomic E-state index is 0.0991. The average molecular weight is 476 g/mol. The highest BCUT2D eigenvalue weighted by Crippen LogP contribution is 2.29. The predicted molar refractivity (Wildman–Crippen MR) is 124 cm³/mol. The van der Waals surface area contributed by atoms with Crippen LogP contribution in [0.4, 0.5) is 10.1 Å². The van der Waals surface area contributed by atoms with Gasteiger partial charge in [-0.15, -0.1) is 0 Å².